The van der Waals surface area contributed by atoms with E-state index in [1.165, 1.54) is 12.4 Å². The quantitative estimate of drug-likeness (QED) is 0.897. The Morgan fingerprint density at radius 1 is 1.17 bits per heavy atom. The van der Waals surface area contributed by atoms with Crippen molar-refractivity contribution in [3.8, 4) is 0 Å². The standard InChI is InChI=1S/C17H19N5O2/c1-11-12(17(24)22-9-2-3-10-22)5-4-6-13(11)21-16(23)14-15(18)20-8-7-19-14/h4-8H,2-3,9-10H2,1H3,(H2,18,20)(H,21,23). The van der Waals surface area contributed by atoms with Gasteiger partial charge in [-0.1, -0.05) is 6.07 Å². The molecule has 1 saturated heterocycles. The lowest BCUT2D eigenvalue weighted by atomic mass is 10.1. The highest BCUT2D eigenvalue weighted by Crippen LogP contribution is 2.23. The van der Waals surface area contributed by atoms with Crippen LogP contribution in [0.2, 0.25) is 0 Å². The number of rotatable bonds is 3. The number of anilines is 2. The second kappa shape index (κ2) is 6.66. The smallest absolute Gasteiger partial charge is 0.278 e. The number of nitrogens with zero attached hydrogens (tertiary/aromatic N) is 3. The maximum absolute atomic E-state index is 12.6. The van der Waals surface area contributed by atoms with E-state index >= 15 is 0 Å². The van der Waals surface area contributed by atoms with Gasteiger partial charge in [0.1, 0.15) is 0 Å². The number of amides is 2. The summed E-state index contributed by atoms with van der Waals surface area (Å²) in [6, 6.07) is 5.29. The molecule has 0 bridgehead atoms. The molecule has 124 valence electrons. The van der Waals surface area contributed by atoms with Gasteiger partial charge in [0.15, 0.2) is 11.5 Å². The van der Waals surface area contributed by atoms with Crippen LogP contribution in [-0.2, 0) is 0 Å². The Morgan fingerprint density at radius 2 is 1.88 bits per heavy atom. The maximum atomic E-state index is 12.6. The summed E-state index contributed by atoms with van der Waals surface area (Å²) in [5.74, 6) is -0.383. The van der Waals surface area contributed by atoms with Crippen LogP contribution in [-0.4, -0.2) is 39.8 Å². The van der Waals surface area contributed by atoms with E-state index in [1.807, 2.05) is 11.8 Å². The van der Waals surface area contributed by atoms with Gasteiger partial charge in [0.2, 0.25) is 0 Å². The first-order chi connectivity index (χ1) is 11.6. The van der Waals surface area contributed by atoms with Crippen molar-refractivity contribution in [2.24, 2.45) is 0 Å². The number of carbonyl (C=O) groups is 2. The maximum Gasteiger partial charge on any atom is 0.278 e. The highest BCUT2D eigenvalue weighted by Gasteiger charge is 2.22. The van der Waals surface area contributed by atoms with Gasteiger partial charge in [-0.25, -0.2) is 9.97 Å². The Balaban J connectivity index is 1.84. The van der Waals surface area contributed by atoms with Gasteiger partial charge in [0.25, 0.3) is 11.8 Å². The normalized spacial score (nSPS) is 13.8. The second-order valence-corrected chi connectivity index (χ2v) is 5.72. The minimum atomic E-state index is -0.450. The van der Waals surface area contributed by atoms with Gasteiger partial charge in [-0.3, -0.25) is 9.59 Å². The lowest BCUT2D eigenvalue weighted by molar-refractivity contribution is 0.0791. The molecule has 3 N–H and O–H groups in total. The van der Waals surface area contributed by atoms with Crippen LogP contribution in [0.25, 0.3) is 0 Å². The average Bonchev–Trinajstić information content (AvgIpc) is 3.11. The molecule has 7 heteroatoms. The van der Waals surface area contributed by atoms with E-state index in [2.05, 4.69) is 15.3 Å². The van der Waals surface area contributed by atoms with Crippen LogP contribution in [0, 0.1) is 6.92 Å². The molecule has 0 unspecified atom stereocenters. The minimum absolute atomic E-state index is 0.000107. The number of benzene rings is 1. The number of carbonyl (C=O) groups excluding carboxylic acids is 2. The van der Waals surface area contributed by atoms with E-state index in [0.717, 1.165) is 31.5 Å². The fourth-order valence-electron chi connectivity index (χ4n) is 2.80. The molecule has 2 amide bonds. The molecule has 0 atom stereocenters. The topological polar surface area (TPSA) is 101 Å². The summed E-state index contributed by atoms with van der Waals surface area (Å²) < 4.78 is 0. The fourth-order valence-corrected chi connectivity index (χ4v) is 2.80. The number of nitrogens with two attached hydrogens (primary N) is 1. The third-order valence-corrected chi connectivity index (χ3v) is 4.15. The van der Waals surface area contributed by atoms with E-state index < -0.39 is 5.91 Å². The van der Waals surface area contributed by atoms with Crippen LogP contribution in [0.5, 0.6) is 0 Å². The van der Waals surface area contributed by atoms with Gasteiger partial charge >= 0.3 is 0 Å². The number of aromatic nitrogens is 2. The molecule has 1 fully saturated rings. The summed E-state index contributed by atoms with van der Waals surface area (Å²) >= 11 is 0. The zero-order valence-corrected chi connectivity index (χ0v) is 13.5. The Labute approximate surface area is 139 Å². The summed E-state index contributed by atoms with van der Waals surface area (Å²) in [6.07, 6.45) is 4.90. The highest BCUT2D eigenvalue weighted by atomic mass is 16.2. The third-order valence-electron chi connectivity index (χ3n) is 4.15. The first kappa shape index (κ1) is 15.9. The van der Waals surface area contributed by atoms with Gasteiger partial charge in [-0.2, -0.15) is 0 Å². The van der Waals surface area contributed by atoms with E-state index in [4.69, 9.17) is 5.73 Å². The van der Waals surface area contributed by atoms with Crippen LogP contribution in [0.4, 0.5) is 11.5 Å². The lowest BCUT2D eigenvalue weighted by Gasteiger charge is -2.18. The summed E-state index contributed by atoms with van der Waals surface area (Å²) in [7, 11) is 0. The van der Waals surface area contributed by atoms with Crippen LogP contribution in [0.1, 0.15) is 39.3 Å². The first-order valence-electron chi connectivity index (χ1n) is 7.84. The summed E-state index contributed by atoms with van der Waals surface area (Å²) in [5.41, 5.74) is 7.63. The zero-order chi connectivity index (χ0) is 17.1. The van der Waals surface area contributed by atoms with Crippen LogP contribution < -0.4 is 11.1 Å². The van der Waals surface area contributed by atoms with Gasteiger partial charge in [-0.15, -0.1) is 0 Å². The van der Waals surface area contributed by atoms with Crippen molar-refractivity contribution in [3.63, 3.8) is 0 Å². The number of likely N-dealkylation sites (tertiary alicyclic amines) is 1. The molecule has 3 rings (SSSR count). The van der Waals surface area contributed by atoms with Gasteiger partial charge in [0, 0.05) is 36.7 Å². The molecule has 1 aliphatic heterocycles. The van der Waals surface area contributed by atoms with Gasteiger partial charge in [0.05, 0.1) is 0 Å². The monoisotopic (exact) mass is 325 g/mol. The summed E-state index contributed by atoms with van der Waals surface area (Å²) in [6.45, 7) is 3.38. The Bertz CT molecular complexity index is 784. The van der Waals surface area contributed by atoms with Crippen LogP contribution in [0.15, 0.2) is 30.6 Å². The molecule has 7 nitrogen and oxygen atoms in total. The third kappa shape index (κ3) is 3.05. The van der Waals surface area contributed by atoms with E-state index in [1.54, 1.807) is 18.2 Å². The molecule has 0 aliphatic carbocycles. The van der Waals surface area contributed by atoms with E-state index in [9.17, 15) is 9.59 Å². The molecule has 0 saturated carbocycles. The molecule has 2 heterocycles. The molecule has 2 aromatic rings. The van der Waals surface area contributed by atoms with E-state index in [0.29, 0.717) is 11.3 Å². The molecular formula is C17H19N5O2. The highest BCUT2D eigenvalue weighted by molar-refractivity contribution is 6.07. The molecule has 24 heavy (non-hydrogen) atoms. The van der Waals surface area contributed by atoms with Gasteiger partial charge < -0.3 is 16.0 Å². The molecule has 1 aromatic heterocycles. The van der Waals surface area contributed by atoms with Crippen molar-refractivity contribution in [1.82, 2.24) is 14.9 Å². The second-order valence-electron chi connectivity index (χ2n) is 5.72. The fraction of sp³-hybridized carbons (Fsp3) is 0.294. The Kier molecular flexibility index (Phi) is 4.41. The lowest BCUT2D eigenvalue weighted by Crippen LogP contribution is -2.28. The molecular weight excluding hydrogens is 306 g/mol. The molecule has 1 aromatic carbocycles. The predicted molar refractivity (Wildman–Crippen MR) is 90.7 cm³/mol. The summed E-state index contributed by atoms with van der Waals surface area (Å²) in [5, 5.41) is 2.76. The number of hydrogen-bond donors (Lipinski definition) is 2. The van der Waals surface area contributed by atoms with Crippen molar-refractivity contribution < 1.29 is 9.59 Å². The molecule has 1 aliphatic rings. The zero-order valence-electron chi connectivity index (χ0n) is 13.5. The Morgan fingerprint density at radius 3 is 2.58 bits per heavy atom. The number of nitrogen functional groups attached to an aromatic ring is 1. The van der Waals surface area contributed by atoms with Gasteiger partial charge in [-0.05, 0) is 37.5 Å². The minimum Gasteiger partial charge on any atom is -0.382 e. The van der Waals surface area contributed by atoms with Crippen molar-refractivity contribution >= 4 is 23.3 Å². The Hall–Kier alpha value is -2.96. The van der Waals surface area contributed by atoms with E-state index in [-0.39, 0.29) is 17.4 Å². The number of nitrogens with one attached hydrogen (secondary N) is 1. The van der Waals surface area contributed by atoms with Crippen molar-refractivity contribution in [2.75, 3.05) is 24.1 Å². The average molecular weight is 325 g/mol. The predicted octanol–water partition coefficient (Wildman–Crippen LogP) is 1.86. The van der Waals surface area contributed by atoms with Crippen molar-refractivity contribution in [1.29, 1.82) is 0 Å². The SMILES string of the molecule is Cc1c(NC(=O)c2nccnc2N)cccc1C(=O)N1CCCC1. The van der Waals surface area contributed by atoms with Crippen molar-refractivity contribution in [3.05, 3.63) is 47.4 Å². The summed E-state index contributed by atoms with van der Waals surface area (Å²) in [4.78, 5) is 34.6. The first-order valence-corrected chi connectivity index (χ1v) is 7.84. The molecule has 0 spiro atoms. The largest absolute Gasteiger partial charge is 0.382 e. The van der Waals surface area contributed by atoms with Crippen LogP contribution in [0.3, 0.4) is 0 Å². The number of hydrogen-bond acceptors (Lipinski definition) is 5. The molecule has 0 radical (unpaired) electrons. The van der Waals surface area contributed by atoms with Crippen molar-refractivity contribution in [2.45, 2.75) is 19.8 Å². The van der Waals surface area contributed by atoms with Crippen LogP contribution >= 0.6 is 0 Å².